The molecule has 0 bridgehead atoms. The molecule has 0 heterocycles. The molecule has 0 aliphatic rings. The molecule has 0 saturated carbocycles. The third kappa shape index (κ3) is 2.74. The Morgan fingerprint density at radius 1 is 1.19 bits per heavy atom. The van der Waals surface area contributed by atoms with Gasteiger partial charge in [-0.15, -0.1) is 6.58 Å². The van der Waals surface area contributed by atoms with E-state index in [-0.39, 0.29) is 22.6 Å². The van der Waals surface area contributed by atoms with Crippen LogP contribution in [0.25, 0.3) is 0 Å². The molecule has 0 amide bonds. The van der Waals surface area contributed by atoms with Gasteiger partial charge in [0.25, 0.3) is 0 Å². The Morgan fingerprint density at radius 2 is 1.90 bits per heavy atom. The van der Waals surface area contributed by atoms with Crippen LogP contribution in [-0.4, -0.2) is 23.1 Å². The number of para-hydroxylation sites is 1. The molecule has 0 aromatic heterocycles. The molecule has 0 spiro atoms. The zero-order valence-electron chi connectivity index (χ0n) is 11.7. The Bertz CT molecular complexity index is 689. The van der Waals surface area contributed by atoms with Crippen molar-refractivity contribution in [3.05, 3.63) is 65.7 Å². The van der Waals surface area contributed by atoms with Crippen LogP contribution in [-0.2, 0) is 6.42 Å². The maximum Gasteiger partial charge on any atom is 0.200 e. The monoisotopic (exact) mass is 284 g/mol. The van der Waals surface area contributed by atoms with Crippen molar-refractivity contribution in [2.24, 2.45) is 0 Å². The van der Waals surface area contributed by atoms with Gasteiger partial charge in [-0.05, 0) is 30.7 Å². The first-order valence-corrected chi connectivity index (χ1v) is 6.42. The standard InChI is InChI=1S/C17H16O4/c1-3-6-12-15(21-2)10-9-13(17(12)20)16(19)11-7-4-5-8-14(11)18/h3-5,7-10,18,20H,1,6H2,2H3. The molecule has 0 unspecified atom stereocenters. The minimum atomic E-state index is -0.446. The molecule has 0 aliphatic heterocycles. The fourth-order valence-corrected chi connectivity index (χ4v) is 2.14. The maximum absolute atomic E-state index is 12.5. The van der Waals surface area contributed by atoms with E-state index in [2.05, 4.69) is 6.58 Å². The zero-order valence-corrected chi connectivity index (χ0v) is 11.7. The minimum Gasteiger partial charge on any atom is -0.507 e. The largest absolute Gasteiger partial charge is 0.507 e. The molecule has 2 aromatic carbocycles. The van der Waals surface area contributed by atoms with E-state index in [1.54, 1.807) is 24.3 Å². The number of carbonyl (C=O) groups is 1. The molecular formula is C17H16O4. The van der Waals surface area contributed by atoms with E-state index in [1.807, 2.05) is 0 Å². The number of phenols is 2. The lowest BCUT2D eigenvalue weighted by atomic mass is 9.97. The van der Waals surface area contributed by atoms with Crippen LogP contribution in [0.1, 0.15) is 21.5 Å². The molecule has 0 saturated heterocycles. The first-order valence-electron chi connectivity index (χ1n) is 6.42. The van der Waals surface area contributed by atoms with Gasteiger partial charge in [-0.25, -0.2) is 0 Å². The fourth-order valence-electron chi connectivity index (χ4n) is 2.14. The summed E-state index contributed by atoms with van der Waals surface area (Å²) in [6.07, 6.45) is 1.99. The molecule has 2 rings (SSSR count). The number of benzene rings is 2. The van der Waals surface area contributed by atoms with Gasteiger partial charge in [-0.2, -0.15) is 0 Å². The van der Waals surface area contributed by atoms with Crippen molar-refractivity contribution in [3.63, 3.8) is 0 Å². The number of aromatic hydroxyl groups is 2. The highest BCUT2D eigenvalue weighted by Crippen LogP contribution is 2.34. The average Bonchev–Trinajstić information content (AvgIpc) is 2.49. The highest BCUT2D eigenvalue weighted by atomic mass is 16.5. The van der Waals surface area contributed by atoms with Gasteiger partial charge >= 0.3 is 0 Å². The summed E-state index contributed by atoms with van der Waals surface area (Å²) in [4.78, 5) is 12.5. The SMILES string of the molecule is C=CCc1c(OC)ccc(C(=O)c2ccccc2O)c1O. The summed E-state index contributed by atoms with van der Waals surface area (Å²) in [5.41, 5.74) is 0.755. The Kier molecular flexibility index (Phi) is 4.28. The van der Waals surface area contributed by atoms with Crippen molar-refractivity contribution in [2.75, 3.05) is 7.11 Å². The predicted molar refractivity (Wildman–Crippen MR) is 80.1 cm³/mol. The van der Waals surface area contributed by atoms with Crippen LogP contribution in [0.5, 0.6) is 17.2 Å². The van der Waals surface area contributed by atoms with Crippen molar-refractivity contribution >= 4 is 5.78 Å². The van der Waals surface area contributed by atoms with Gasteiger partial charge < -0.3 is 14.9 Å². The second-order valence-corrected chi connectivity index (χ2v) is 4.48. The van der Waals surface area contributed by atoms with E-state index in [0.717, 1.165) is 0 Å². The minimum absolute atomic E-state index is 0.120. The van der Waals surface area contributed by atoms with Crippen LogP contribution in [0.3, 0.4) is 0 Å². The first-order chi connectivity index (χ1) is 10.1. The van der Waals surface area contributed by atoms with Gasteiger partial charge in [-0.1, -0.05) is 18.2 Å². The van der Waals surface area contributed by atoms with Gasteiger partial charge in [0.15, 0.2) is 5.78 Å². The maximum atomic E-state index is 12.5. The molecule has 108 valence electrons. The first kappa shape index (κ1) is 14.7. The molecular weight excluding hydrogens is 268 g/mol. The van der Waals surface area contributed by atoms with Crippen LogP contribution >= 0.6 is 0 Å². The lowest BCUT2D eigenvalue weighted by molar-refractivity contribution is 0.103. The molecule has 0 fully saturated rings. The van der Waals surface area contributed by atoms with Gasteiger partial charge in [0.2, 0.25) is 0 Å². The average molecular weight is 284 g/mol. The number of ketones is 1. The number of carbonyl (C=O) groups excluding carboxylic acids is 1. The Hall–Kier alpha value is -2.75. The normalized spacial score (nSPS) is 10.1. The molecule has 21 heavy (non-hydrogen) atoms. The van der Waals surface area contributed by atoms with E-state index in [0.29, 0.717) is 17.7 Å². The van der Waals surface area contributed by atoms with Gasteiger partial charge in [-0.3, -0.25) is 4.79 Å². The van der Waals surface area contributed by atoms with Gasteiger partial charge in [0, 0.05) is 5.56 Å². The van der Waals surface area contributed by atoms with Gasteiger partial charge in [0.1, 0.15) is 17.2 Å². The van der Waals surface area contributed by atoms with Crippen molar-refractivity contribution in [1.29, 1.82) is 0 Å². The number of rotatable bonds is 5. The number of methoxy groups -OCH3 is 1. The van der Waals surface area contributed by atoms with Crippen LogP contribution in [0.15, 0.2) is 49.1 Å². The summed E-state index contributed by atoms with van der Waals surface area (Å²) >= 11 is 0. The second-order valence-electron chi connectivity index (χ2n) is 4.48. The molecule has 0 radical (unpaired) electrons. The molecule has 4 heteroatoms. The molecule has 4 nitrogen and oxygen atoms in total. The van der Waals surface area contributed by atoms with Crippen LogP contribution < -0.4 is 4.74 Å². The third-order valence-corrected chi connectivity index (χ3v) is 3.20. The Labute approximate surface area is 122 Å². The summed E-state index contributed by atoms with van der Waals surface area (Å²) in [5, 5.41) is 20.1. The number of phenolic OH excluding ortho intramolecular Hbond substituents is 2. The number of ether oxygens (including phenoxy) is 1. The molecule has 0 atom stereocenters. The summed E-state index contributed by atoms with van der Waals surface area (Å²) in [7, 11) is 1.49. The lowest BCUT2D eigenvalue weighted by Gasteiger charge is -2.12. The van der Waals surface area contributed by atoms with E-state index in [9.17, 15) is 15.0 Å². The number of allylic oxidation sites excluding steroid dienone is 1. The Morgan fingerprint density at radius 3 is 2.52 bits per heavy atom. The van der Waals surface area contributed by atoms with E-state index >= 15 is 0 Å². The zero-order chi connectivity index (χ0) is 15.4. The highest BCUT2D eigenvalue weighted by molar-refractivity contribution is 6.12. The van der Waals surface area contributed by atoms with E-state index in [1.165, 1.54) is 25.3 Å². The van der Waals surface area contributed by atoms with E-state index in [4.69, 9.17) is 4.74 Å². The van der Waals surface area contributed by atoms with Gasteiger partial charge in [0.05, 0.1) is 18.2 Å². The fraction of sp³-hybridized carbons (Fsp3) is 0.118. The molecule has 2 N–H and O–H groups in total. The Balaban J connectivity index is 2.55. The molecule has 0 aliphatic carbocycles. The summed E-state index contributed by atoms with van der Waals surface area (Å²) in [6, 6.07) is 9.32. The lowest BCUT2D eigenvalue weighted by Crippen LogP contribution is -2.04. The topological polar surface area (TPSA) is 66.8 Å². The van der Waals surface area contributed by atoms with E-state index < -0.39 is 5.78 Å². The number of hydrogen-bond donors (Lipinski definition) is 2. The smallest absolute Gasteiger partial charge is 0.200 e. The second kappa shape index (κ2) is 6.13. The summed E-state index contributed by atoms with van der Waals surface area (Å²) < 4.78 is 5.17. The van der Waals surface area contributed by atoms with Crippen molar-refractivity contribution < 1.29 is 19.7 Å². The van der Waals surface area contributed by atoms with Crippen LogP contribution in [0, 0.1) is 0 Å². The van der Waals surface area contributed by atoms with Crippen LogP contribution in [0.4, 0.5) is 0 Å². The van der Waals surface area contributed by atoms with Crippen molar-refractivity contribution in [1.82, 2.24) is 0 Å². The predicted octanol–water partition coefficient (Wildman–Crippen LogP) is 3.07. The quantitative estimate of drug-likeness (QED) is 0.654. The summed E-state index contributed by atoms with van der Waals surface area (Å²) in [6.45, 7) is 3.63. The summed E-state index contributed by atoms with van der Waals surface area (Å²) in [5.74, 6) is -0.231. The van der Waals surface area contributed by atoms with Crippen molar-refractivity contribution in [3.8, 4) is 17.2 Å². The third-order valence-electron chi connectivity index (χ3n) is 3.20. The van der Waals surface area contributed by atoms with Crippen LogP contribution in [0.2, 0.25) is 0 Å². The number of hydrogen-bond acceptors (Lipinski definition) is 4. The van der Waals surface area contributed by atoms with Crippen molar-refractivity contribution in [2.45, 2.75) is 6.42 Å². The molecule has 2 aromatic rings. The highest BCUT2D eigenvalue weighted by Gasteiger charge is 2.20.